The van der Waals surface area contributed by atoms with E-state index in [-0.39, 0.29) is 17.7 Å². The molecule has 0 saturated carbocycles. The van der Waals surface area contributed by atoms with Crippen molar-refractivity contribution in [3.63, 3.8) is 0 Å². The molecule has 1 aromatic rings. The zero-order chi connectivity index (χ0) is 14.4. The van der Waals surface area contributed by atoms with Gasteiger partial charge in [-0.05, 0) is 18.7 Å². The van der Waals surface area contributed by atoms with Crippen molar-refractivity contribution < 1.29 is 13.9 Å². The molecule has 1 unspecified atom stereocenters. The van der Waals surface area contributed by atoms with Gasteiger partial charge in [-0.1, -0.05) is 19.1 Å². The van der Waals surface area contributed by atoms with Crippen LogP contribution in [0.15, 0.2) is 18.2 Å². The molecule has 0 aliphatic carbocycles. The molecule has 0 aromatic heterocycles. The molecule has 0 radical (unpaired) electrons. The van der Waals surface area contributed by atoms with Gasteiger partial charge in [0, 0.05) is 25.2 Å². The van der Waals surface area contributed by atoms with Crippen LogP contribution in [0.25, 0.3) is 0 Å². The molecular formula is C14H21FN2O2. The molecule has 19 heavy (non-hydrogen) atoms. The lowest BCUT2D eigenvalue weighted by molar-refractivity contribution is -0.145. The first-order valence-corrected chi connectivity index (χ1v) is 6.21. The molecule has 4 nitrogen and oxygen atoms in total. The van der Waals surface area contributed by atoms with Gasteiger partial charge in [-0.3, -0.25) is 4.79 Å². The molecule has 0 saturated heterocycles. The highest BCUT2D eigenvalue weighted by Crippen LogP contribution is 2.13. The molecule has 0 amide bonds. The summed E-state index contributed by atoms with van der Waals surface area (Å²) in [5, 5.41) is 0. The van der Waals surface area contributed by atoms with Gasteiger partial charge in [0.2, 0.25) is 0 Å². The summed E-state index contributed by atoms with van der Waals surface area (Å²) in [5.41, 5.74) is 7.02. The Morgan fingerprint density at radius 1 is 1.53 bits per heavy atom. The zero-order valence-electron chi connectivity index (χ0n) is 11.6. The van der Waals surface area contributed by atoms with Crippen LogP contribution in [0.3, 0.4) is 0 Å². The van der Waals surface area contributed by atoms with E-state index in [2.05, 4.69) is 4.74 Å². The van der Waals surface area contributed by atoms with Gasteiger partial charge >= 0.3 is 5.97 Å². The van der Waals surface area contributed by atoms with Crippen molar-refractivity contribution in [1.29, 1.82) is 0 Å². The minimum atomic E-state index is -0.261. The Labute approximate surface area is 113 Å². The van der Waals surface area contributed by atoms with Gasteiger partial charge in [0.15, 0.2) is 0 Å². The van der Waals surface area contributed by atoms with Crippen molar-refractivity contribution >= 4 is 5.97 Å². The molecule has 0 heterocycles. The average molecular weight is 268 g/mol. The largest absolute Gasteiger partial charge is 0.469 e. The normalized spacial score (nSPS) is 12.5. The number of nitrogens with zero attached hydrogens (tertiary/aromatic N) is 1. The van der Waals surface area contributed by atoms with E-state index in [4.69, 9.17) is 5.73 Å². The first-order chi connectivity index (χ1) is 8.97. The van der Waals surface area contributed by atoms with Gasteiger partial charge in [-0.2, -0.15) is 0 Å². The highest BCUT2D eigenvalue weighted by Gasteiger charge is 2.16. The van der Waals surface area contributed by atoms with Crippen LogP contribution in [0.5, 0.6) is 0 Å². The topological polar surface area (TPSA) is 55.6 Å². The van der Waals surface area contributed by atoms with Crippen LogP contribution in [-0.2, 0) is 22.6 Å². The van der Waals surface area contributed by atoms with Crippen molar-refractivity contribution in [2.24, 2.45) is 11.7 Å². The molecule has 106 valence electrons. The standard InChI is InChI=1S/C14H21FN2O2/c1-10(14(18)19-3)8-17(2)9-12-6-11(7-16)4-5-13(12)15/h4-6,10H,7-9,16H2,1-3H3. The summed E-state index contributed by atoms with van der Waals surface area (Å²) in [7, 11) is 3.21. The summed E-state index contributed by atoms with van der Waals surface area (Å²) < 4.78 is 18.3. The SMILES string of the molecule is COC(=O)C(C)CN(C)Cc1cc(CN)ccc1F. The van der Waals surface area contributed by atoms with Gasteiger partial charge in [-0.25, -0.2) is 4.39 Å². The molecule has 5 heteroatoms. The zero-order valence-corrected chi connectivity index (χ0v) is 11.6. The number of ether oxygens (including phenoxy) is 1. The first-order valence-electron chi connectivity index (χ1n) is 6.21. The molecule has 0 bridgehead atoms. The van der Waals surface area contributed by atoms with Gasteiger partial charge in [0.05, 0.1) is 13.0 Å². The van der Waals surface area contributed by atoms with Gasteiger partial charge < -0.3 is 15.4 Å². The van der Waals surface area contributed by atoms with Gasteiger partial charge in [0.1, 0.15) is 5.82 Å². The lowest BCUT2D eigenvalue weighted by Gasteiger charge is -2.20. The average Bonchev–Trinajstić information content (AvgIpc) is 2.40. The molecule has 1 atom stereocenters. The Morgan fingerprint density at radius 2 is 2.21 bits per heavy atom. The maximum absolute atomic E-state index is 13.7. The second-order valence-corrected chi connectivity index (χ2v) is 4.75. The van der Waals surface area contributed by atoms with E-state index in [1.54, 1.807) is 19.1 Å². The Morgan fingerprint density at radius 3 is 2.79 bits per heavy atom. The lowest BCUT2D eigenvalue weighted by atomic mass is 10.1. The van der Waals surface area contributed by atoms with Crippen LogP contribution in [0.4, 0.5) is 4.39 Å². The number of carbonyl (C=O) groups excluding carboxylic acids is 1. The second kappa shape index (κ2) is 7.21. The van der Waals surface area contributed by atoms with E-state index in [1.807, 2.05) is 11.9 Å². The third kappa shape index (κ3) is 4.61. The third-order valence-electron chi connectivity index (χ3n) is 2.98. The maximum Gasteiger partial charge on any atom is 0.309 e. The van der Waals surface area contributed by atoms with Crippen LogP contribution in [-0.4, -0.2) is 31.6 Å². The van der Waals surface area contributed by atoms with Crippen LogP contribution < -0.4 is 5.73 Å². The molecular weight excluding hydrogens is 247 g/mol. The highest BCUT2D eigenvalue weighted by molar-refractivity contribution is 5.72. The van der Waals surface area contributed by atoms with E-state index < -0.39 is 0 Å². The predicted molar refractivity (Wildman–Crippen MR) is 71.8 cm³/mol. The van der Waals surface area contributed by atoms with E-state index in [9.17, 15) is 9.18 Å². The van der Waals surface area contributed by atoms with E-state index >= 15 is 0 Å². The quantitative estimate of drug-likeness (QED) is 0.795. The summed E-state index contributed by atoms with van der Waals surface area (Å²) in [4.78, 5) is 13.2. The molecule has 2 N–H and O–H groups in total. The number of nitrogens with two attached hydrogens (primary N) is 1. The van der Waals surface area contributed by atoms with E-state index in [0.717, 1.165) is 5.56 Å². The minimum Gasteiger partial charge on any atom is -0.469 e. The number of rotatable bonds is 6. The summed E-state index contributed by atoms with van der Waals surface area (Å²) in [6.45, 7) is 3.12. The van der Waals surface area contributed by atoms with Crippen LogP contribution in [0.2, 0.25) is 0 Å². The molecule has 0 aliphatic heterocycles. The fourth-order valence-electron chi connectivity index (χ4n) is 1.97. The van der Waals surface area contributed by atoms with Crippen LogP contribution >= 0.6 is 0 Å². The third-order valence-corrected chi connectivity index (χ3v) is 2.98. The smallest absolute Gasteiger partial charge is 0.309 e. The number of methoxy groups -OCH3 is 1. The monoisotopic (exact) mass is 268 g/mol. The summed E-state index contributed by atoms with van der Waals surface area (Å²) in [6.07, 6.45) is 0. The summed E-state index contributed by atoms with van der Waals surface area (Å²) in [5.74, 6) is -0.756. The lowest BCUT2D eigenvalue weighted by Crippen LogP contribution is -2.29. The number of hydrogen-bond donors (Lipinski definition) is 1. The van der Waals surface area contributed by atoms with Crippen molar-refractivity contribution in [3.05, 3.63) is 35.1 Å². The Hall–Kier alpha value is -1.46. The predicted octanol–water partition coefficient (Wildman–Crippen LogP) is 1.53. The molecule has 1 aromatic carbocycles. The Bertz CT molecular complexity index is 437. The number of benzene rings is 1. The first kappa shape index (κ1) is 15.6. The van der Waals surface area contributed by atoms with Gasteiger partial charge in [0.25, 0.3) is 0 Å². The maximum atomic E-state index is 13.7. The van der Waals surface area contributed by atoms with E-state index in [0.29, 0.717) is 25.2 Å². The fraction of sp³-hybridized carbons (Fsp3) is 0.500. The summed E-state index contributed by atoms with van der Waals surface area (Å²) >= 11 is 0. The highest BCUT2D eigenvalue weighted by atomic mass is 19.1. The number of hydrogen-bond acceptors (Lipinski definition) is 4. The summed E-state index contributed by atoms with van der Waals surface area (Å²) in [6, 6.07) is 4.86. The van der Waals surface area contributed by atoms with Crippen molar-refractivity contribution in [2.45, 2.75) is 20.0 Å². The Balaban J connectivity index is 2.66. The molecule has 0 fully saturated rings. The molecule has 0 spiro atoms. The van der Waals surface area contributed by atoms with Crippen molar-refractivity contribution in [1.82, 2.24) is 4.90 Å². The molecule has 0 aliphatic rings. The van der Waals surface area contributed by atoms with Gasteiger partial charge in [-0.15, -0.1) is 0 Å². The van der Waals surface area contributed by atoms with Crippen LogP contribution in [0, 0.1) is 11.7 Å². The second-order valence-electron chi connectivity index (χ2n) is 4.75. The minimum absolute atomic E-state index is 0.240. The Kier molecular flexibility index (Phi) is 5.92. The molecule has 1 rings (SSSR count). The number of esters is 1. The van der Waals surface area contributed by atoms with Crippen LogP contribution in [0.1, 0.15) is 18.1 Å². The fourth-order valence-corrected chi connectivity index (χ4v) is 1.97. The van der Waals surface area contributed by atoms with E-state index in [1.165, 1.54) is 13.2 Å². The number of halogens is 1. The number of carbonyl (C=O) groups is 1. The van der Waals surface area contributed by atoms with Crippen molar-refractivity contribution in [2.75, 3.05) is 20.7 Å². The van der Waals surface area contributed by atoms with Crippen molar-refractivity contribution in [3.8, 4) is 0 Å².